The van der Waals surface area contributed by atoms with Gasteiger partial charge in [-0.25, -0.2) is 0 Å². The third-order valence-electron chi connectivity index (χ3n) is 4.59. The van der Waals surface area contributed by atoms with Gasteiger partial charge in [0.15, 0.2) is 0 Å². The number of carbonyl (C=O) groups excluding carboxylic acids is 1. The van der Waals surface area contributed by atoms with E-state index in [2.05, 4.69) is 21.2 Å². The van der Waals surface area contributed by atoms with Gasteiger partial charge in [0.1, 0.15) is 11.5 Å². The molecule has 1 heterocycles. The Morgan fingerprint density at radius 2 is 1.85 bits per heavy atom. The molecular formula is C20H24ClN3O3. The van der Waals surface area contributed by atoms with Gasteiger partial charge in [0.2, 0.25) is 5.91 Å². The monoisotopic (exact) mass is 389 g/mol. The maximum Gasteiger partial charge on any atom is 0.238 e. The van der Waals surface area contributed by atoms with Crippen molar-refractivity contribution in [3.8, 4) is 11.5 Å². The van der Waals surface area contributed by atoms with Crippen LogP contribution in [0.4, 0.5) is 11.4 Å². The highest BCUT2D eigenvalue weighted by Crippen LogP contribution is 2.27. The summed E-state index contributed by atoms with van der Waals surface area (Å²) in [6.07, 6.45) is 0. The van der Waals surface area contributed by atoms with Crippen LogP contribution in [0.25, 0.3) is 0 Å². The van der Waals surface area contributed by atoms with Crippen LogP contribution in [-0.2, 0) is 4.79 Å². The number of anilines is 2. The minimum atomic E-state index is -0.0783. The lowest BCUT2D eigenvalue weighted by atomic mass is 10.2. The number of hydrogen-bond acceptors (Lipinski definition) is 5. The fourth-order valence-electron chi connectivity index (χ4n) is 3.14. The van der Waals surface area contributed by atoms with Crippen molar-refractivity contribution in [3.05, 3.63) is 47.5 Å². The van der Waals surface area contributed by atoms with Crippen LogP contribution in [-0.4, -0.2) is 57.8 Å². The zero-order valence-corrected chi connectivity index (χ0v) is 16.3. The number of nitrogens with zero attached hydrogens (tertiary/aromatic N) is 2. The van der Waals surface area contributed by atoms with Crippen molar-refractivity contribution < 1.29 is 14.3 Å². The van der Waals surface area contributed by atoms with Gasteiger partial charge in [-0.2, -0.15) is 0 Å². The van der Waals surface area contributed by atoms with Gasteiger partial charge >= 0.3 is 0 Å². The third-order valence-corrected chi connectivity index (χ3v) is 4.83. The molecule has 27 heavy (non-hydrogen) atoms. The first-order chi connectivity index (χ1) is 13.1. The predicted octanol–water partition coefficient (Wildman–Crippen LogP) is 3.12. The number of carbonyl (C=O) groups is 1. The van der Waals surface area contributed by atoms with Crippen LogP contribution in [0.3, 0.4) is 0 Å². The van der Waals surface area contributed by atoms with E-state index in [-0.39, 0.29) is 5.91 Å². The molecule has 6 nitrogen and oxygen atoms in total. The minimum Gasteiger partial charge on any atom is -0.497 e. The smallest absolute Gasteiger partial charge is 0.238 e. The second-order valence-corrected chi connectivity index (χ2v) is 6.79. The molecule has 0 atom stereocenters. The van der Waals surface area contributed by atoms with E-state index in [0.717, 1.165) is 37.6 Å². The molecule has 0 radical (unpaired) electrons. The molecule has 0 saturated carbocycles. The van der Waals surface area contributed by atoms with Crippen LogP contribution in [0, 0.1) is 0 Å². The maximum absolute atomic E-state index is 12.4. The van der Waals surface area contributed by atoms with Crippen molar-refractivity contribution in [2.75, 3.05) is 57.2 Å². The van der Waals surface area contributed by atoms with E-state index in [0.29, 0.717) is 23.0 Å². The van der Waals surface area contributed by atoms with Crippen LogP contribution in [0.1, 0.15) is 0 Å². The zero-order valence-electron chi connectivity index (χ0n) is 15.6. The Morgan fingerprint density at radius 1 is 1.07 bits per heavy atom. The van der Waals surface area contributed by atoms with Gasteiger partial charge in [-0.3, -0.25) is 9.69 Å². The van der Waals surface area contributed by atoms with Crippen molar-refractivity contribution in [2.24, 2.45) is 0 Å². The molecule has 144 valence electrons. The summed E-state index contributed by atoms with van der Waals surface area (Å²) >= 11 is 6.01. The Labute approximate surface area is 164 Å². The normalized spacial score (nSPS) is 14.7. The highest BCUT2D eigenvalue weighted by Gasteiger charge is 2.20. The molecule has 2 aromatic rings. The second-order valence-electron chi connectivity index (χ2n) is 6.36. The number of methoxy groups -OCH3 is 2. The highest BCUT2D eigenvalue weighted by molar-refractivity contribution is 6.31. The number of piperazine rings is 1. The molecule has 7 heteroatoms. The molecule has 1 aliphatic heterocycles. The summed E-state index contributed by atoms with van der Waals surface area (Å²) in [5, 5.41) is 3.44. The van der Waals surface area contributed by atoms with Crippen molar-refractivity contribution in [1.82, 2.24) is 4.90 Å². The lowest BCUT2D eigenvalue weighted by Crippen LogP contribution is -2.48. The van der Waals surface area contributed by atoms with Crippen molar-refractivity contribution in [3.63, 3.8) is 0 Å². The Hall–Kier alpha value is -2.44. The number of amides is 1. The van der Waals surface area contributed by atoms with Gasteiger partial charge in [-0.05, 0) is 30.3 Å². The summed E-state index contributed by atoms with van der Waals surface area (Å²) in [5.74, 6) is 1.37. The quantitative estimate of drug-likeness (QED) is 0.822. The number of ether oxygens (including phenoxy) is 2. The van der Waals surface area contributed by atoms with Crippen LogP contribution < -0.4 is 19.7 Å². The number of rotatable bonds is 6. The molecule has 0 aliphatic carbocycles. The molecule has 0 aromatic heterocycles. The molecule has 1 saturated heterocycles. The van der Waals surface area contributed by atoms with Crippen LogP contribution in [0.15, 0.2) is 42.5 Å². The van der Waals surface area contributed by atoms with Gasteiger partial charge in [-0.1, -0.05) is 17.7 Å². The fourth-order valence-corrected chi connectivity index (χ4v) is 3.31. The topological polar surface area (TPSA) is 54.0 Å². The SMILES string of the molecule is COc1cccc(N2CCN(CC(=O)Nc3cc(Cl)ccc3OC)CC2)c1. The zero-order chi connectivity index (χ0) is 19.2. The summed E-state index contributed by atoms with van der Waals surface area (Å²) in [7, 11) is 3.24. The molecule has 1 aliphatic rings. The predicted molar refractivity (Wildman–Crippen MR) is 108 cm³/mol. The number of hydrogen-bond donors (Lipinski definition) is 1. The Kier molecular flexibility index (Phi) is 6.42. The molecule has 0 spiro atoms. The van der Waals surface area contributed by atoms with Gasteiger partial charge in [0.05, 0.1) is 26.5 Å². The summed E-state index contributed by atoms with van der Waals surface area (Å²) in [6, 6.07) is 13.2. The van der Waals surface area contributed by atoms with E-state index in [4.69, 9.17) is 21.1 Å². The van der Waals surface area contributed by atoms with Crippen LogP contribution >= 0.6 is 11.6 Å². The average Bonchev–Trinajstić information content (AvgIpc) is 2.69. The largest absolute Gasteiger partial charge is 0.497 e. The fraction of sp³-hybridized carbons (Fsp3) is 0.350. The van der Waals surface area contributed by atoms with E-state index in [1.807, 2.05) is 18.2 Å². The molecular weight excluding hydrogens is 366 g/mol. The molecule has 1 N–H and O–H groups in total. The molecule has 1 amide bonds. The van der Waals surface area contributed by atoms with Crippen molar-refractivity contribution in [1.29, 1.82) is 0 Å². The molecule has 1 fully saturated rings. The van der Waals surface area contributed by atoms with Crippen LogP contribution in [0.2, 0.25) is 5.02 Å². The first-order valence-corrected chi connectivity index (χ1v) is 9.21. The lowest BCUT2D eigenvalue weighted by molar-refractivity contribution is -0.117. The van der Waals surface area contributed by atoms with E-state index in [1.54, 1.807) is 32.4 Å². The molecule has 0 unspecified atom stereocenters. The second kappa shape index (κ2) is 8.97. The van der Waals surface area contributed by atoms with E-state index in [9.17, 15) is 4.79 Å². The molecule has 0 bridgehead atoms. The van der Waals surface area contributed by atoms with Gasteiger partial charge in [-0.15, -0.1) is 0 Å². The third kappa shape index (κ3) is 5.05. The molecule has 2 aromatic carbocycles. The van der Waals surface area contributed by atoms with Gasteiger partial charge in [0, 0.05) is 43.0 Å². The standard InChI is InChI=1S/C20H24ClN3O3/c1-26-17-5-3-4-16(13-17)24-10-8-23(9-11-24)14-20(25)22-18-12-15(21)6-7-19(18)27-2/h3-7,12-13H,8-11,14H2,1-2H3,(H,22,25). The average molecular weight is 390 g/mol. The summed E-state index contributed by atoms with van der Waals surface area (Å²) in [5.41, 5.74) is 1.73. The van der Waals surface area contributed by atoms with Crippen molar-refractivity contribution >= 4 is 28.9 Å². The minimum absolute atomic E-state index is 0.0783. The number of nitrogens with one attached hydrogen (secondary N) is 1. The number of halogens is 1. The van der Waals surface area contributed by atoms with E-state index >= 15 is 0 Å². The number of benzene rings is 2. The Balaban J connectivity index is 1.53. The van der Waals surface area contributed by atoms with Gasteiger partial charge in [0.25, 0.3) is 0 Å². The summed E-state index contributed by atoms with van der Waals surface area (Å²) < 4.78 is 10.6. The Bertz CT molecular complexity index is 792. The Morgan fingerprint density at radius 3 is 2.56 bits per heavy atom. The lowest BCUT2D eigenvalue weighted by Gasteiger charge is -2.35. The summed E-state index contributed by atoms with van der Waals surface area (Å²) in [6.45, 7) is 3.69. The first-order valence-electron chi connectivity index (χ1n) is 8.84. The van der Waals surface area contributed by atoms with E-state index < -0.39 is 0 Å². The van der Waals surface area contributed by atoms with Gasteiger partial charge < -0.3 is 19.7 Å². The van der Waals surface area contributed by atoms with E-state index in [1.165, 1.54) is 0 Å². The van der Waals surface area contributed by atoms with Crippen LogP contribution in [0.5, 0.6) is 11.5 Å². The van der Waals surface area contributed by atoms with Crippen molar-refractivity contribution in [2.45, 2.75) is 0 Å². The maximum atomic E-state index is 12.4. The highest BCUT2D eigenvalue weighted by atomic mass is 35.5. The molecule has 3 rings (SSSR count). The first kappa shape index (κ1) is 19.3. The summed E-state index contributed by atoms with van der Waals surface area (Å²) in [4.78, 5) is 16.9.